The summed E-state index contributed by atoms with van der Waals surface area (Å²) < 4.78 is 2.09. The van der Waals surface area contributed by atoms with Crippen LogP contribution in [-0.2, 0) is 17.8 Å². The first-order chi connectivity index (χ1) is 13.5. The van der Waals surface area contributed by atoms with Gasteiger partial charge in [0.1, 0.15) is 0 Å². The number of aliphatic hydroxyl groups is 1. The number of hydrogen-bond donors (Lipinski definition) is 1. The fraction of sp³-hybridized carbons (Fsp3) is 0.476. The Morgan fingerprint density at radius 1 is 1.32 bits per heavy atom. The number of rotatable bonds is 4. The molecule has 0 spiro atoms. The highest BCUT2D eigenvalue weighted by atomic mass is 32.1. The van der Waals surface area contributed by atoms with Crippen molar-refractivity contribution in [3.8, 4) is 0 Å². The molecule has 7 heteroatoms. The summed E-state index contributed by atoms with van der Waals surface area (Å²) in [7, 11) is 0. The molecule has 0 saturated carbocycles. The van der Waals surface area contributed by atoms with Crippen molar-refractivity contribution in [2.75, 3.05) is 0 Å². The van der Waals surface area contributed by atoms with Gasteiger partial charge in [-0.3, -0.25) is 9.78 Å². The molecule has 3 aromatic rings. The molecule has 2 aliphatic rings. The van der Waals surface area contributed by atoms with Crippen LogP contribution in [0.3, 0.4) is 0 Å². The summed E-state index contributed by atoms with van der Waals surface area (Å²) in [5.74, 6) is 0.149. The smallest absolute Gasteiger partial charge is 0.229 e. The van der Waals surface area contributed by atoms with Crippen molar-refractivity contribution in [2.45, 2.75) is 63.3 Å². The van der Waals surface area contributed by atoms with Crippen LogP contribution in [0, 0.1) is 6.92 Å². The van der Waals surface area contributed by atoms with E-state index in [1.54, 1.807) is 17.5 Å². The zero-order valence-electron chi connectivity index (χ0n) is 15.9. The van der Waals surface area contributed by atoms with Crippen LogP contribution in [0.2, 0.25) is 0 Å². The van der Waals surface area contributed by atoms with Gasteiger partial charge in [0.15, 0.2) is 0 Å². The van der Waals surface area contributed by atoms with Gasteiger partial charge in [-0.05, 0) is 44.7 Å². The lowest BCUT2D eigenvalue weighted by Gasteiger charge is -2.44. The number of thiazole rings is 1. The van der Waals surface area contributed by atoms with Crippen molar-refractivity contribution >= 4 is 28.1 Å². The number of aryl methyl sites for hydroxylation is 1. The number of amides is 1. The van der Waals surface area contributed by atoms with Crippen molar-refractivity contribution in [3.63, 3.8) is 0 Å². The number of fused-ring (bicyclic) bond motifs is 3. The van der Waals surface area contributed by atoms with Gasteiger partial charge in [0.2, 0.25) is 5.91 Å². The first-order valence-corrected chi connectivity index (χ1v) is 10.7. The van der Waals surface area contributed by atoms with Crippen LogP contribution in [0.5, 0.6) is 0 Å². The molecule has 0 aromatic carbocycles. The van der Waals surface area contributed by atoms with Gasteiger partial charge in [-0.1, -0.05) is 0 Å². The molecule has 1 unspecified atom stereocenters. The normalized spacial score (nSPS) is 26.9. The summed E-state index contributed by atoms with van der Waals surface area (Å²) in [5, 5.41) is 15.5. The van der Waals surface area contributed by atoms with Gasteiger partial charge in [0, 0.05) is 35.2 Å². The lowest BCUT2D eigenvalue weighted by atomic mass is 9.85. The summed E-state index contributed by atoms with van der Waals surface area (Å²) in [6.45, 7) is 2.51. The van der Waals surface area contributed by atoms with Crippen molar-refractivity contribution in [1.29, 1.82) is 0 Å². The van der Waals surface area contributed by atoms with Gasteiger partial charge in [-0.2, -0.15) is 0 Å². The number of carbonyl (C=O) groups excluding carboxylic acids is 1. The summed E-state index contributed by atoms with van der Waals surface area (Å²) in [6.07, 6.45) is 9.23. The predicted octanol–water partition coefficient (Wildman–Crippen LogP) is 2.93. The molecular weight excluding hydrogens is 372 g/mol. The SMILES string of the molecule is Cc1nc(CC(=O)N2[C@@H]3CC[C@H]2CC(O)(Cn2ccc4ccncc42)C3)cs1. The number of nitrogens with zero attached hydrogens (tertiary/aromatic N) is 4. The molecule has 5 heterocycles. The van der Waals surface area contributed by atoms with Gasteiger partial charge >= 0.3 is 0 Å². The van der Waals surface area contributed by atoms with Crippen molar-refractivity contribution in [2.24, 2.45) is 0 Å². The minimum absolute atomic E-state index is 0.121. The second-order valence-electron chi connectivity index (χ2n) is 8.23. The molecule has 2 bridgehead atoms. The molecule has 28 heavy (non-hydrogen) atoms. The third-order valence-electron chi connectivity index (χ3n) is 6.18. The summed E-state index contributed by atoms with van der Waals surface area (Å²) >= 11 is 1.58. The highest BCUT2D eigenvalue weighted by Crippen LogP contribution is 2.42. The van der Waals surface area contributed by atoms with E-state index in [0.29, 0.717) is 25.8 Å². The van der Waals surface area contributed by atoms with Crippen LogP contribution in [0.1, 0.15) is 36.4 Å². The fourth-order valence-corrected chi connectivity index (χ4v) is 5.69. The van der Waals surface area contributed by atoms with Gasteiger partial charge < -0.3 is 14.6 Å². The van der Waals surface area contributed by atoms with E-state index in [0.717, 1.165) is 34.4 Å². The third kappa shape index (κ3) is 3.12. The quantitative estimate of drug-likeness (QED) is 0.736. The molecule has 3 aromatic heterocycles. The van der Waals surface area contributed by atoms with E-state index in [1.807, 2.05) is 35.7 Å². The molecule has 5 rings (SSSR count). The molecule has 3 atom stereocenters. The standard InChI is InChI=1S/C21H24N4O2S/c1-14-23-16(12-28-14)8-20(26)25-17-2-3-18(25)10-21(27,9-17)13-24-7-5-15-4-6-22-11-19(15)24/h4-7,11-12,17-18,27H,2-3,8-10,13H2,1H3/t17-,18+,21?. The van der Waals surface area contributed by atoms with E-state index in [-0.39, 0.29) is 18.0 Å². The Hall–Kier alpha value is -2.25. The minimum Gasteiger partial charge on any atom is -0.388 e. The summed E-state index contributed by atoms with van der Waals surface area (Å²) in [5.41, 5.74) is 1.11. The first kappa shape index (κ1) is 17.8. The van der Waals surface area contributed by atoms with Crippen molar-refractivity contribution < 1.29 is 9.90 Å². The Bertz CT molecular complexity index is 1010. The number of aromatic nitrogens is 3. The van der Waals surface area contributed by atoms with Crippen LogP contribution in [-0.4, -0.2) is 48.1 Å². The molecule has 146 valence electrons. The maximum Gasteiger partial charge on any atom is 0.229 e. The average molecular weight is 397 g/mol. The van der Waals surface area contributed by atoms with E-state index >= 15 is 0 Å². The summed E-state index contributed by atoms with van der Waals surface area (Å²) in [6, 6.07) is 4.29. The molecule has 1 amide bonds. The van der Waals surface area contributed by atoms with Crippen molar-refractivity contribution in [1.82, 2.24) is 19.4 Å². The fourth-order valence-electron chi connectivity index (χ4n) is 5.08. The minimum atomic E-state index is -0.790. The number of piperidine rings is 1. The Kier molecular flexibility index (Phi) is 4.25. The second-order valence-corrected chi connectivity index (χ2v) is 9.29. The monoisotopic (exact) mass is 396 g/mol. The van der Waals surface area contributed by atoms with Gasteiger partial charge in [0.05, 0.1) is 41.0 Å². The predicted molar refractivity (Wildman–Crippen MR) is 108 cm³/mol. The Labute approximate surface area is 167 Å². The van der Waals surface area contributed by atoms with Gasteiger partial charge in [-0.15, -0.1) is 11.3 Å². The highest BCUT2D eigenvalue weighted by Gasteiger charge is 2.49. The Morgan fingerprint density at radius 3 is 2.82 bits per heavy atom. The van der Waals surface area contributed by atoms with Crippen LogP contribution in [0.25, 0.3) is 10.9 Å². The number of hydrogen-bond acceptors (Lipinski definition) is 5. The molecule has 2 saturated heterocycles. The Balaban J connectivity index is 1.32. The van der Waals surface area contributed by atoms with E-state index < -0.39 is 5.60 Å². The van der Waals surface area contributed by atoms with E-state index in [1.165, 1.54) is 0 Å². The van der Waals surface area contributed by atoms with Crippen molar-refractivity contribution in [3.05, 3.63) is 46.8 Å². The molecule has 2 aliphatic heterocycles. The highest BCUT2D eigenvalue weighted by molar-refractivity contribution is 7.09. The van der Waals surface area contributed by atoms with Crippen LogP contribution >= 0.6 is 11.3 Å². The first-order valence-electron chi connectivity index (χ1n) is 9.84. The molecule has 6 nitrogen and oxygen atoms in total. The molecule has 0 aliphatic carbocycles. The van der Waals surface area contributed by atoms with E-state index in [4.69, 9.17) is 0 Å². The zero-order valence-corrected chi connectivity index (χ0v) is 16.7. The van der Waals surface area contributed by atoms with Crippen LogP contribution in [0.15, 0.2) is 36.1 Å². The second kappa shape index (κ2) is 6.67. The zero-order chi connectivity index (χ0) is 19.3. The topological polar surface area (TPSA) is 71.2 Å². The van der Waals surface area contributed by atoms with Crippen LogP contribution in [0.4, 0.5) is 0 Å². The van der Waals surface area contributed by atoms with Gasteiger partial charge in [0.25, 0.3) is 0 Å². The number of carbonyl (C=O) groups is 1. The molecule has 0 radical (unpaired) electrons. The lowest BCUT2D eigenvalue weighted by molar-refractivity contribution is -0.141. The lowest BCUT2D eigenvalue weighted by Crippen LogP contribution is -2.55. The van der Waals surface area contributed by atoms with Gasteiger partial charge in [-0.25, -0.2) is 4.98 Å². The summed E-state index contributed by atoms with van der Waals surface area (Å²) in [4.78, 5) is 23.6. The maximum absolute atomic E-state index is 12.9. The Morgan fingerprint density at radius 2 is 2.11 bits per heavy atom. The molecular formula is C21H24N4O2S. The van der Waals surface area contributed by atoms with E-state index in [9.17, 15) is 9.90 Å². The largest absolute Gasteiger partial charge is 0.388 e. The maximum atomic E-state index is 12.9. The van der Waals surface area contributed by atoms with Crippen LogP contribution < -0.4 is 0 Å². The average Bonchev–Trinajstić information content (AvgIpc) is 3.33. The van der Waals surface area contributed by atoms with E-state index in [2.05, 4.69) is 20.6 Å². The molecule has 1 N–H and O–H groups in total. The molecule has 2 fully saturated rings. The number of pyridine rings is 1. The third-order valence-corrected chi connectivity index (χ3v) is 7.00.